The van der Waals surface area contributed by atoms with Gasteiger partial charge in [0.05, 0.1) is 11.3 Å². The molecule has 0 saturated heterocycles. The van der Waals surface area contributed by atoms with Crippen LogP contribution in [0.25, 0.3) is 5.57 Å². The molecule has 8 aliphatic carbocycles. The van der Waals surface area contributed by atoms with Gasteiger partial charge in [-0.3, -0.25) is 9.98 Å². The molecular formula is C40H41F3N3Ni-. The first-order valence-corrected chi connectivity index (χ1v) is 17.5. The predicted octanol–water partition coefficient (Wildman–Crippen LogP) is 9.59. The number of pyridine rings is 1. The number of benzene rings is 1. The fourth-order valence-electron chi connectivity index (χ4n) is 11.9. The van der Waals surface area contributed by atoms with Crippen molar-refractivity contribution in [1.82, 2.24) is 9.97 Å². The Morgan fingerprint density at radius 1 is 0.660 bits per heavy atom. The molecule has 0 radical (unpaired) electrons. The van der Waals surface area contributed by atoms with Gasteiger partial charge in [0.1, 0.15) is 17.5 Å². The van der Waals surface area contributed by atoms with E-state index in [0.29, 0.717) is 17.0 Å². The summed E-state index contributed by atoms with van der Waals surface area (Å²) in [4.78, 5) is 14.1. The Bertz CT molecular complexity index is 1630. The molecule has 8 saturated carbocycles. The topological polar surface area (TPSA) is 39.4 Å². The number of allylic oxidation sites excluding steroid dienone is 2. The molecule has 0 unspecified atom stereocenters. The van der Waals surface area contributed by atoms with E-state index in [4.69, 9.17) is 9.98 Å². The molecule has 3 heterocycles. The van der Waals surface area contributed by atoms with Crippen LogP contribution < -0.4 is 4.98 Å². The molecule has 8 bridgehead atoms. The molecule has 3 aromatic rings. The SMILES string of the molecule is Fc1cc(F)c(C(=C2C=CC(C34CC5CC(CC(C5)C3)C4)=N2)c2ccc(C34CC5CC(CC(C5)C3)C4)[n-]2)c(F)c1.[Ni].c1ccncc1. The Kier molecular flexibility index (Phi) is 7.94. The Morgan fingerprint density at radius 2 is 1.17 bits per heavy atom. The largest absolute Gasteiger partial charge is 0.660 e. The second-order valence-corrected chi connectivity index (χ2v) is 16.0. The van der Waals surface area contributed by atoms with Crippen molar-refractivity contribution < 1.29 is 29.7 Å². The predicted molar refractivity (Wildman–Crippen MR) is 173 cm³/mol. The smallest absolute Gasteiger partial charge is 0.136 e. The summed E-state index contributed by atoms with van der Waals surface area (Å²) >= 11 is 0. The number of aliphatic imine (C=N–C) groups is 1. The molecule has 1 aromatic carbocycles. The Labute approximate surface area is 285 Å². The second-order valence-electron chi connectivity index (χ2n) is 16.0. The van der Waals surface area contributed by atoms with Gasteiger partial charge in [0.15, 0.2) is 0 Å². The Hall–Kier alpha value is -2.92. The molecule has 0 atom stereocenters. The molecule has 0 spiro atoms. The van der Waals surface area contributed by atoms with Gasteiger partial charge >= 0.3 is 0 Å². The normalized spacial score (nSPS) is 36.5. The average Bonchev–Trinajstić information content (AvgIpc) is 3.71. The van der Waals surface area contributed by atoms with Crippen molar-refractivity contribution in [3.63, 3.8) is 0 Å². The zero-order valence-electron chi connectivity index (χ0n) is 26.6. The van der Waals surface area contributed by atoms with Crippen molar-refractivity contribution in [2.45, 2.75) is 82.5 Å². The molecule has 0 amide bonds. The first-order chi connectivity index (χ1) is 22.3. The van der Waals surface area contributed by atoms with Gasteiger partial charge in [0, 0.05) is 52.1 Å². The number of hydrogen-bond acceptors (Lipinski definition) is 2. The average molecular weight is 679 g/mol. The molecule has 3 nitrogen and oxygen atoms in total. The summed E-state index contributed by atoms with van der Waals surface area (Å²) in [6.07, 6.45) is 22.7. The van der Waals surface area contributed by atoms with Crippen LogP contribution in [0.2, 0.25) is 0 Å². The number of aromatic nitrogens is 2. The van der Waals surface area contributed by atoms with Crippen molar-refractivity contribution >= 4 is 11.3 Å². The van der Waals surface area contributed by atoms with Gasteiger partial charge < -0.3 is 4.98 Å². The number of nitrogens with zero attached hydrogens (tertiary/aromatic N) is 3. The third-order valence-electron chi connectivity index (χ3n) is 12.8. The van der Waals surface area contributed by atoms with Crippen LogP contribution in [0.4, 0.5) is 13.2 Å². The summed E-state index contributed by atoms with van der Waals surface area (Å²) in [7, 11) is 0. The van der Waals surface area contributed by atoms with Crippen LogP contribution in [0.1, 0.15) is 94.0 Å². The van der Waals surface area contributed by atoms with Gasteiger partial charge in [-0.2, -0.15) is 5.69 Å². The van der Waals surface area contributed by atoms with E-state index in [-0.39, 0.29) is 32.9 Å². The number of rotatable bonds is 4. The Balaban J connectivity index is 0.000000420. The van der Waals surface area contributed by atoms with E-state index in [1.807, 2.05) is 30.3 Å². The molecule has 47 heavy (non-hydrogen) atoms. The van der Waals surface area contributed by atoms with Gasteiger partial charge in [0.25, 0.3) is 0 Å². The first-order valence-electron chi connectivity index (χ1n) is 17.5. The molecule has 0 N–H and O–H groups in total. The maximum Gasteiger partial charge on any atom is 0.136 e. The standard InChI is InChI=1S/C35H36F3N2.C5H5N.Ni/c36-25-11-26(37)32(27(38)12-25)33(28-1-3-30(39-28)34-13-19-5-20(14-34)7-21(6-19)15-34)29-2-4-31(40-29)35-16-22-8-23(17-35)10-24(9-22)18-35;1-2-4-6-5-3-1;/h1-4,11-12,19-24H,5-10,13-18H2;1-5H;/q-1;;. The third-order valence-corrected chi connectivity index (χ3v) is 12.8. The van der Waals surface area contributed by atoms with Crippen molar-refractivity contribution in [3.8, 4) is 0 Å². The summed E-state index contributed by atoms with van der Waals surface area (Å²) in [6, 6.07) is 11.3. The van der Waals surface area contributed by atoms with Gasteiger partial charge in [-0.25, -0.2) is 13.2 Å². The van der Waals surface area contributed by atoms with Crippen LogP contribution in [-0.2, 0) is 21.9 Å². The number of halogens is 3. The van der Waals surface area contributed by atoms with Crippen molar-refractivity contribution in [2.24, 2.45) is 45.9 Å². The van der Waals surface area contributed by atoms with Crippen molar-refractivity contribution in [2.75, 3.05) is 0 Å². The van der Waals surface area contributed by atoms with Crippen LogP contribution >= 0.6 is 0 Å². The van der Waals surface area contributed by atoms with Crippen LogP contribution in [0, 0.1) is 58.4 Å². The monoisotopic (exact) mass is 678 g/mol. The van der Waals surface area contributed by atoms with E-state index in [2.05, 4.69) is 17.1 Å². The van der Waals surface area contributed by atoms with Gasteiger partial charge in [-0.05, 0) is 148 Å². The molecule has 7 heteroatoms. The maximum absolute atomic E-state index is 15.4. The van der Waals surface area contributed by atoms with E-state index < -0.39 is 17.5 Å². The van der Waals surface area contributed by atoms with Crippen LogP contribution in [0.15, 0.2) is 77.7 Å². The molecular weight excluding hydrogens is 638 g/mol. The molecule has 12 rings (SSSR count). The minimum Gasteiger partial charge on any atom is -0.660 e. The minimum absolute atomic E-state index is 0. The minimum atomic E-state index is -0.910. The van der Waals surface area contributed by atoms with Gasteiger partial charge in [-0.15, -0.1) is 5.69 Å². The van der Waals surface area contributed by atoms with E-state index in [0.717, 1.165) is 59.0 Å². The summed E-state index contributed by atoms with van der Waals surface area (Å²) in [5, 5.41) is 0. The fraction of sp³-hybridized carbons (Fsp3) is 0.500. The Morgan fingerprint density at radius 3 is 1.64 bits per heavy atom. The summed E-state index contributed by atoms with van der Waals surface area (Å²) in [5.41, 5.74) is 3.60. The van der Waals surface area contributed by atoms with Gasteiger partial charge in [0.2, 0.25) is 0 Å². The first kappa shape index (κ1) is 31.4. The maximum atomic E-state index is 15.4. The third kappa shape index (κ3) is 5.49. The van der Waals surface area contributed by atoms with E-state index >= 15 is 8.78 Å². The zero-order chi connectivity index (χ0) is 31.0. The molecule has 2 aromatic heterocycles. The van der Waals surface area contributed by atoms with Crippen molar-refractivity contribution in [3.05, 3.63) is 107 Å². The van der Waals surface area contributed by atoms with Crippen LogP contribution in [0.3, 0.4) is 0 Å². The summed E-state index contributed by atoms with van der Waals surface area (Å²) in [6.45, 7) is 0. The van der Waals surface area contributed by atoms with E-state index in [1.54, 1.807) is 12.4 Å². The molecule has 1 aliphatic heterocycles. The fourth-order valence-corrected chi connectivity index (χ4v) is 11.9. The van der Waals surface area contributed by atoms with E-state index in [9.17, 15) is 4.39 Å². The quantitative estimate of drug-likeness (QED) is 0.258. The van der Waals surface area contributed by atoms with Crippen LogP contribution in [-0.4, -0.2) is 10.7 Å². The zero-order valence-corrected chi connectivity index (χ0v) is 27.6. The second kappa shape index (κ2) is 11.9. The van der Waals surface area contributed by atoms with Crippen molar-refractivity contribution in [1.29, 1.82) is 0 Å². The number of hydrogen-bond donors (Lipinski definition) is 0. The molecule has 9 aliphatic rings. The van der Waals surface area contributed by atoms with Gasteiger partial charge in [-0.1, -0.05) is 18.2 Å². The summed E-state index contributed by atoms with van der Waals surface area (Å²) in [5.74, 6) is 1.97. The summed E-state index contributed by atoms with van der Waals surface area (Å²) < 4.78 is 44.8. The van der Waals surface area contributed by atoms with E-state index in [1.165, 1.54) is 77.0 Å². The molecule has 8 fully saturated rings. The van der Waals surface area contributed by atoms with Crippen LogP contribution in [0.5, 0.6) is 0 Å². The molecule has 248 valence electrons.